The standard InChI is InChI=1S/C23H32N4O4/c1-16-8-4-5-9-17(16)15-27-20(22(29)25-12-7-13-28)21(24-2)26-23(27)31-19-11-6-10-18(14-19)30-3/h4-6,9-11,16,19,24,28H,7-8,12-15H2,1-3H3,(H,25,29). The first-order valence-corrected chi connectivity index (χ1v) is 10.7. The zero-order valence-corrected chi connectivity index (χ0v) is 18.4. The molecule has 1 amide bonds. The van der Waals surface area contributed by atoms with Gasteiger partial charge in [0, 0.05) is 33.2 Å². The minimum Gasteiger partial charge on any atom is -0.501 e. The summed E-state index contributed by atoms with van der Waals surface area (Å²) in [5.41, 5.74) is 1.62. The van der Waals surface area contributed by atoms with Crippen molar-refractivity contribution >= 4 is 11.7 Å². The largest absolute Gasteiger partial charge is 0.501 e. The Kier molecular flexibility index (Phi) is 7.94. The molecule has 3 rings (SSSR count). The van der Waals surface area contributed by atoms with Crippen molar-refractivity contribution in [2.24, 2.45) is 5.92 Å². The zero-order valence-electron chi connectivity index (χ0n) is 18.4. The molecule has 0 fully saturated rings. The van der Waals surface area contributed by atoms with Gasteiger partial charge in [-0.3, -0.25) is 9.36 Å². The van der Waals surface area contributed by atoms with Crippen LogP contribution in [0.3, 0.4) is 0 Å². The normalized spacial score (nSPS) is 20.1. The van der Waals surface area contributed by atoms with Crippen molar-refractivity contribution in [3.8, 4) is 6.01 Å². The van der Waals surface area contributed by atoms with Crippen LogP contribution in [-0.4, -0.2) is 54.0 Å². The number of anilines is 1. The molecule has 1 aromatic rings. The van der Waals surface area contributed by atoms with E-state index in [1.54, 1.807) is 14.2 Å². The number of nitrogens with zero attached hydrogens (tertiary/aromatic N) is 2. The second-order valence-corrected chi connectivity index (χ2v) is 7.65. The maximum absolute atomic E-state index is 13.0. The van der Waals surface area contributed by atoms with E-state index in [2.05, 4.69) is 34.7 Å². The number of imidazole rings is 1. The van der Waals surface area contributed by atoms with Crippen LogP contribution in [0.4, 0.5) is 5.82 Å². The van der Waals surface area contributed by atoms with Gasteiger partial charge < -0.3 is 25.2 Å². The fourth-order valence-electron chi connectivity index (χ4n) is 3.61. The fraction of sp³-hybridized carbons (Fsp3) is 0.478. The van der Waals surface area contributed by atoms with Crippen LogP contribution in [0.25, 0.3) is 0 Å². The minimum absolute atomic E-state index is 0.0207. The molecular weight excluding hydrogens is 396 g/mol. The van der Waals surface area contributed by atoms with Gasteiger partial charge in [0.05, 0.1) is 12.9 Å². The molecule has 8 heteroatoms. The molecule has 0 saturated carbocycles. The molecule has 0 aliphatic heterocycles. The Bertz CT molecular complexity index is 898. The van der Waals surface area contributed by atoms with Crippen LogP contribution in [0.1, 0.15) is 36.7 Å². The van der Waals surface area contributed by atoms with Gasteiger partial charge in [0.1, 0.15) is 6.10 Å². The summed E-state index contributed by atoms with van der Waals surface area (Å²) in [5, 5.41) is 14.9. The van der Waals surface area contributed by atoms with Crippen molar-refractivity contribution < 1.29 is 19.4 Å². The van der Waals surface area contributed by atoms with Crippen LogP contribution in [0.2, 0.25) is 0 Å². The molecular formula is C23H32N4O4. The predicted octanol–water partition coefficient (Wildman–Crippen LogP) is 2.80. The highest BCUT2D eigenvalue weighted by Gasteiger charge is 2.27. The molecule has 3 N–H and O–H groups in total. The van der Waals surface area contributed by atoms with Crippen molar-refractivity contribution in [2.45, 2.75) is 38.8 Å². The number of ether oxygens (including phenoxy) is 2. The molecule has 31 heavy (non-hydrogen) atoms. The Balaban J connectivity index is 1.93. The summed E-state index contributed by atoms with van der Waals surface area (Å²) >= 11 is 0. The molecule has 2 unspecified atom stereocenters. The lowest BCUT2D eigenvalue weighted by Crippen LogP contribution is -2.29. The maximum atomic E-state index is 13.0. The van der Waals surface area contributed by atoms with Crippen molar-refractivity contribution in [1.82, 2.24) is 14.9 Å². The Morgan fingerprint density at radius 1 is 1.35 bits per heavy atom. The van der Waals surface area contributed by atoms with Crippen LogP contribution in [-0.2, 0) is 11.3 Å². The number of methoxy groups -OCH3 is 1. The molecule has 2 atom stereocenters. The Morgan fingerprint density at radius 3 is 2.90 bits per heavy atom. The second kappa shape index (κ2) is 10.9. The molecule has 0 saturated heterocycles. The number of carbonyl (C=O) groups excluding carboxylic acids is 1. The summed E-state index contributed by atoms with van der Waals surface area (Å²) < 4.78 is 13.4. The molecule has 0 bridgehead atoms. The third kappa shape index (κ3) is 5.58. The molecule has 8 nitrogen and oxygen atoms in total. The van der Waals surface area contributed by atoms with Gasteiger partial charge in [-0.25, -0.2) is 0 Å². The van der Waals surface area contributed by atoms with Gasteiger partial charge in [0.15, 0.2) is 11.5 Å². The Morgan fingerprint density at radius 2 is 2.19 bits per heavy atom. The molecule has 1 aromatic heterocycles. The van der Waals surface area contributed by atoms with Crippen LogP contribution in [0.15, 0.2) is 47.8 Å². The molecule has 168 valence electrons. The second-order valence-electron chi connectivity index (χ2n) is 7.65. The molecule has 0 radical (unpaired) electrons. The SMILES string of the molecule is CNc1nc(OC2C=CC=C(OC)C2)n(CC2=CC=CCC2C)c1C(=O)NCCCO. The van der Waals surface area contributed by atoms with Crippen LogP contribution in [0, 0.1) is 5.92 Å². The number of nitrogens with one attached hydrogen (secondary N) is 2. The minimum atomic E-state index is -0.253. The first kappa shape index (κ1) is 22.7. The highest BCUT2D eigenvalue weighted by molar-refractivity contribution is 5.97. The number of carbonyl (C=O) groups is 1. The van der Waals surface area contributed by atoms with Crippen molar-refractivity contribution in [3.63, 3.8) is 0 Å². The smallest absolute Gasteiger partial charge is 0.299 e. The average molecular weight is 429 g/mol. The van der Waals surface area contributed by atoms with E-state index in [1.807, 2.05) is 28.9 Å². The molecule has 0 spiro atoms. The Hall–Kier alpha value is -3.00. The van der Waals surface area contributed by atoms with E-state index in [0.29, 0.717) is 49.4 Å². The maximum Gasteiger partial charge on any atom is 0.299 e. The van der Waals surface area contributed by atoms with E-state index in [9.17, 15) is 4.79 Å². The van der Waals surface area contributed by atoms with E-state index in [0.717, 1.165) is 12.2 Å². The fourth-order valence-corrected chi connectivity index (χ4v) is 3.61. The van der Waals surface area contributed by atoms with E-state index in [4.69, 9.17) is 14.6 Å². The molecule has 2 aliphatic carbocycles. The summed E-state index contributed by atoms with van der Waals surface area (Å²) in [7, 11) is 3.37. The number of aliphatic hydroxyl groups is 1. The molecule has 2 aliphatic rings. The highest BCUT2D eigenvalue weighted by atomic mass is 16.5. The first-order chi connectivity index (χ1) is 15.1. The number of aromatic nitrogens is 2. The lowest BCUT2D eigenvalue weighted by atomic mass is 9.93. The van der Waals surface area contributed by atoms with E-state index in [1.165, 1.54) is 5.57 Å². The number of allylic oxidation sites excluding steroid dienone is 6. The predicted molar refractivity (Wildman–Crippen MR) is 120 cm³/mol. The number of rotatable bonds is 10. The molecule has 0 aromatic carbocycles. The summed E-state index contributed by atoms with van der Waals surface area (Å²) in [5.74, 6) is 1.39. The summed E-state index contributed by atoms with van der Waals surface area (Å²) in [6.45, 7) is 3.08. The van der Waals surface area contributed by atoms with E-state index < -0.39 is 0 Å². The molecule has 1 heterocycles. The number of hydrogen-bond acceptors (Lipinski definition) is 6. The third-order valence-electron chi connectivity index (χ3n) is 5.44. The van der Waals surface area contributed by atoms with Gasteiger partial charge in [0.2, 0.25) is 0 Å². The quantitative estimate of drug-likeness (QED) is 0.496. The van der Waals surface area contributed by atoms with Gasteiger partial charge in [0.25, 0.3) is 11.9 Å². The van der Waals surface area contributed by atoms with Crippen molar-refractivity contribution in [3.05, 3.63) is 53.5 Å². The van der Waals surface area contributed by atoms with Gasteiger partial charge in [-0.1, -0.05) is 31.2 Å². The van der Waals surface area contributed by atoms with E-state index >= 15 is 0 Å². The lowest BCUT2D eigenvalue weighted by molar-refractivity contribution is 0.0940. The monoisotopic (exact) mass is 428 g/mol. The average Bonchev–Trinajstić information content (AvgIpc) is 3.12. The summed E-state index contributed by atoms with van der Waals surface area (Å²) in [4.78, 5) is 17.6. The third-order valence-corrected chi connectivity index (χ3v) is 5.44. The van der Waals surface area contributed by atoms with Crippen LogP contribution >= 0.6 is 0 Å². The summed E-state index contributed by atoms with van der Waals surface area (Å²) in [6.07, 6.45) is 13.8. The number of amides is 1. The first-order valence-electron chi connectivity index (χ1n) is 10.7. The number of hydrogen-bond donors (Lipinski definition) is 3. The van der Waals surface area contributed by atoms with Gasteiger partial charge in [-0.2, -0.15) is 4.98 Å². The van der Waals surface area contributed by atoms with Crippen molar-refractivity contribution in [1.29, 1.82) is 0 Å². The lowest BCUT2D eigenvalue weighted by Gasteiger charge is -2.22. The van der Waals surface area contributed by atoms with Gasteiger partial charge in [-0.05, 0) is 36.5 Å². The summed E-state index contributed by atoms with van der Waals surface area (Å²) in [6, 6.07) is 0.381. The highest BCUT2D eigenvalue weighted by Crippen LogP contribution is 2.30. The van der Waals surface area contributed by atoms with Gasteiger partial charge in [-0.15, -0.1) is 0 Å². The zero-order chi connectivity index (χ0) is 22.2. The Labute approximate surface area is 183 Å². The van der Waals surface area contributed by atoms with Crippen molar-refractivity contribution in [2.75, 3.05) is 32.6 Å². The topological polar surface area (TPSA) is 97.6 Å². The van der Waals surface area contributed by atoms with E-state index in [-0.39, 0.29) is 18.6 Å². The van der Waals surface area contributed by atoms with Crippen LogP contribution < -0.4 is 15.4 Å². The van der Waals surface area contributed by atoms with Crippen LogP contribution in [0.5, 0.6) is 6.01 Å². The van der Waals surface area contributed by atoms with Gasteiger partial charge >= 0.3 is 0 Å². The number of aliphatic hydroxyl groups excluding tert-OH is 1.